The minimum Gasteiger partial charge on any atom is -0.348 e. The quantitative estimate of drug-likeness (QED) is 0.748. The second-order valence-corrected chi connectivity index (χ2v) is 6.59. The SMILES string of the molecule is CC(NC(=O)CCCc1nc2ccccc2s1)c1ccccn1. The molecule has 0 saturated heterocycles. The molecule has 0 saturated carbocycles. The number of carbonyl (C=O) groups excluding carboxylic acids is 1. The second kappa shape index (κ2) is 7.33. The molecule has 3 aromatic rings. The number of nitrogens with zero attached hydrogens (tertiary/aromatic N) is 2. The van der Waals surface area contributed by atoms with E-state index >= 15 is 0 Å². The van der Waals surface area contributed by atoms with Crippen LogP contribution in [0, 0.1) is 0 Å². The zero-order valence-electron chi connectivity index (χ0n) is 13.0. The van der Waals surface area contributed by atoms with Crippen LogP contribution < -0.4 is 5.32 Å². The summed E-state index contributed by atoms with van der Waals surface area (Å²) in [4.78, 5) is 20.9. The molecule has 4 nitrogen and oxygen atoms in total. The normalized spacial score (nSPS) is 12.2. The number of amides is 1. The van der Waals surface area contributed by atoms with Gasteiger partial charge in [-0.15, -0.1) is 11.3 Å². The van der Waals surface area contributed by atoms with Gasteiger partial charge in [0.15, 0.2) is 0 Å². The molecule has 2 heterocycles. The van der Waals surface area contributed by atoms with E-state index < -0.39 is 0 Å². The van der Waals surface area contributed by atoms with Gasteiger partial charge in [0.05, 0.1) is 27.0 Å². The zero-order chi connectivity index (χ0) is 16.1. The van der Waals surface area contributed by atoms with Crippen molar-refractivity contribution in [2.24, 2.45) is 0 Å². The number of aromatic nitrogens is 2. The topological polar surface area (TPSA) is 54.9 Å². The highest BCUT2D eigenvalue weighted by Crippen LogP contribution is 2.22. The minimum absolute atomic E-state index is 0.0595. The van der Waals surface area contributed by atoms with Crippen LogP contribution in [0.25, 0.3) is 10.2 Å². The maximum Gasteiger partial charge on any atom is 0.220 e. The molecule has 2 aromatic heterocycles. The van der Waals surface area contributed by atoms with Crippen LogP contribution in [0.3, 0.4) is 0 Å². The lowest BCUT2D eigenvalue weighted by molar-refractivity contribution is -0.121. The molecular weight excluding hydrogens is 306 g/mol. The summed E-state index contributed by atoms with van der Waals surface area (Å²) in [6.07, 6.45) is 3.89. The van der Waals surface area contributed by atoms with Crippen LogP contribution in [0.5, 0.6) is 0 Å². The molecule has 0 aliphatic heterocycles. The van der Waals surface area contributed by atoms with E-state index in [2.05, 4.69) is 21.4 Å². The Bertz CT molecular complexity index is 752. The minimum atomic E-state index is -0.0637. The Morgan fingerprint density at radius 1 is 1.22 bits per heavy atom. The molecule has 3 rings (SSSR count). The third-order valence-corrected chi connectivity index (χ3v) is 4.74. The van der Waals surface area contributed by atoms with E-state index in [1.807, 2.05) is 43.3 Å². The molecule has 23 heavy (non-hydrogen) atoms. The maximum absolute atomic E-state index is 12.0. The predicted octanol–water partition coefficient (Wildman–Crippen LogP) is 3.89. The van der Waals surface area contributed by atoms with Gasteiger partial charge in [-0.05, 0) is 44.0 Å². The highest BCUT2D eigenvalue weighted by Gasteiger charge is 2.10. The number of nitrogens with one attached hydrogen (secondary N) is 1. The highest BCUT2D eigenvalue weighted by atomic mass is 32.1. The van der Waals surface area contributed by atoms with E-state index in [1.54, 1.807) is 17.5 Å². The number of hydrogen-bond acceptors (Lipinski definition) is 4. The molecule has 1 atom stereocenters. The molecule has 0 radical (unpaired) electrons. The fourth-order valence-electron chi connectivity index (χ4n) is 2.45. The third kappa shape index (κ3) is 4.13. The summed E-state index contributed by atoms with van der Waals surface area (Å²) < 4.78 is 1.20. The van der Waals surface area contributed by atoms with E-state index in [1.165, 1.54) is 4.70 Å². The zero-order valence-corrected chi connectivity index (χ0v) is 13.8. The molecule has 118 valence electrons. The van der Waals surface area contributed by atoms with Crippen molar-refractivity contribution in [3.8, 4) is 0 Å². The number of thiazole rings is 1. The summed E-state index contributed by atoms with van der Waals surface area (Å²) in [6, 6.07) is 13.8. The number of fused-ring (bicyclic) bond motifs is 1. The van der Waals surface area contributed by atoms with Gasteiger partial charge in [-0.2, -0.15) is 0 Å². The van der Waals surface area contributed by atoms with E-state index in [4.69, 9.17) is 0 Å². The second-order valence-electron chi connectivity index (χ2n) is 5.47. The van der Waals surface area contributed by atoms with Gasteiger partial charge in [0, 0.05) is 12.6 Å². The fourth-order valence-corrected chi connectivity index (χ4v) is 3.46. The Morgan fingerprint density at radius 3 is 2.83 bits per heavy atom. The van der Waals surface area contributed by atoms with Gasteiger partial charge in [0.2, 0.25) is 5.91 Å². The molecule has 1 N–H and O–H groups in total. The Balaban J connectivity index is 1.47. The molecule has 0 aliphatic rings. The van der Waals surface area contributed by atoms with Crippen LogP contribution in [-0.4, -0.2) is 15.9 Å². The highest BCUT2D eigenvalue weighted by molar-refractivity contribution is 7.18. The molecule has 1 unspecified atom stereocenters. The molecule has 0 aliphatic carbocycles. The molecule has 1 amide bonds. The summed E-state index contributed by atoms with van der Waals surface area (Å²) in [5.74, 6) is 0.0595. The van der Waals surface area contributed by atoms with Gasteiger partial charge in [-0.25, -0.2) is 4.98 Å². The fraction of sp³-hybridized carbons (Fsp3) is 0.278. The van der Waals surface area contributed by atoms with E-state index in [0.29, 0.717) is 6.42 Å². The maximum atomic E-state index is 12.0. The average molecular weight is 325 g/mol. The van der Waals surface area contributed by atoms with Crippen LogP contribution in [0.4, 0.5) is 0 Å². The van der Waals surface area contributed by atoms with Gasteiger partial charge in [-0.1, -0.05) is 18.2 Å². The van der Waals surface area contributed by atoms with Crippen LogP contribution in [0.2, 0.25) is 0 Å². The van der Waals surface area contributed by atoms with E-state index in [-0.39, 0.29) is 11.9 Å². The third-order valence-electron chi connectivity index (χ3n) is 3.64. The molecule has 0 spiro atoms. The van der Waals surface area contributed by atoms with E-state index in [0.717, 1.165) is 29.1 Å². The first-order valence-corrected chi connectivity index (χ1v) is 8.59. The molecule has 0 fully saturated rings. The van der Waals surface area contributed by atoms with Crippen molar-refractivity contribution in [2.75, 3.05) is 0 Å². The number of benzene rings is 1. The largest absolute Gasteiger partial charge is 0.348 e. The van der Waals surface area contributed by atoms with Crippen molar-refractivity contribution in [2.45, 2.75) is 32.2 Å². The van der Waals surface area contributed by atoms with Crippen LogP contribution in [0.15, 0.2) is 48.7 Å². The van der Waals surface area contributed by atoms with Crippen molar-refractivity contribution >= 4 is 27.5 Å². The summed E-state index contributed by atoms with van der Waals surface area (Å²) in [5.41, 5.74) is 1.92. The van der Waals surface area contributed by atoms with Crippen molar-refractivity contribution in [3.63, 3.8) is 0 Å². The van der Waals surface area contributed by atoms with Crippen molar-refractivity contribution in [1.29, 1.82) is 0 Å². The Kier molecular flexibility index (Phi) is 4.98. The average Bonchev–Trinajstić information content (AvgIpc) is 2.98. The van der Waals surface area contributed by atoms with E-state index in [9.17, 15) is 4.79 Å². The van der Waals surface area contributed by atoms with Crippen molar-refractivity contribution in [1.82, 2.24) is 15.3 Å². The molecule has 1 aromatic carbocycles. The van der Waals surface area contributed by atoms with Gasteiger partial charge < -0.3 is 5.32 Å². The monoisotopic (exact) mass is 325 g/mol. The van der Waals surface area contributed by atoms with Gasteiger partial charge >= 0.3 is 0 Å². The molecule has 5 heteroatoms. The van der Waals surface area contributed by atoms with Gasteiger partial charge in [0.1, 0.15) is 0 Å². The van der Waals surface area contributed by atoms with Gasteiger partial charge in [0.25, 0.3) is 0 Å². The smallest absolute Gasteiger partial charge is 0.220 e. The number of rotatable bonds is 6. The van der Waals surface area contributed by atoms with Crippen LogP contribution >= 0.6 is 11.3 Å². The van der Waals surface area contributed by atoms with Gasteiger partial charge in [-0.3, -0.25) is 9.78 Å². The molecular formula is C18H19N3OS. The standard InChI is InChI=1S/C18H19N3OS/c1-13(14-7-4-5-12-19-14)20-17(22)10-6-11-18-21-15-8-2-3-9-16(15)23-18/h2-5,7-9,12-13H,6,10-11H2,1H3,(H,20,22). The Labute approximate surface area is 139 Å². The first kappa shape index (κ1) is 15.6. The Hall–Kier alpha value is -2.27. The number of aryl methyl sites for hydroxylation is 1. The lowest BCUT2D eigenvalue weighted by Crippen LogP contribution is -2.26. The summed E-state index contributed by atoms with van der Waals surface area (Å²) in [6.45, 7) is 1.95. The Morgan fingerprint density at radius 2 is 2.04 bits per heavy atom. The first-order valence-electron chi connectivity index (χ1n) is 7.77. The number of hydrogen-bond donors (Lipinski definition) is 1. The summed E-state index contributed by atoms with van der Waals surface area (Å²) in [7, 11) is 0. The van der Waals surface area contributed by atoms with Crippen molar-refractivity contribution in [3.05, 3.63) is 59.4 Å². The summed E-state index contributed by atoms with van der Waals surface area (Å²) >= 11 is 1.71. The van der Waals surface area contributed by atoms with Crippen LogP contribution in [-0.2, 0) is 11.2 Å². The first-order chi connectivity index (χ1) is 11.2. The lowest BCUT2D eigenvalue weighted by Gasteiger charge is -2.12. The van der Waals surface area contributed by atoms with Crippen molar-refractivity contribution < 1.29 is 4.79 Å². The number of carbonyl (C=O) groups is 1. The number of pyridine rings is 1. The lowest BCUT2D eigenvalue weighted by atomic mass is 10.2. The van der Waals surface area contributed by atoms with Crippen LogP contribution in [0.1, 0.15) is 36.5 Å². The summed E-state index contributed by atoms with van der Waals surface area (Å²) in [5, 5.41) is 4.08. The number of para-hydroxylation sites is 1. The molecule has 0 bridgehead atoms. The predicted molar refractivity (Wildman–Crippen MR) is 93.4 cm³/mol.